The number of nitrogens with two attached hydrogens (primary N) is 1. The van der Waals surface area contributed by atoms with Crippen LogP contribution in [0.25, 0.3) is 0 Å². The van der Waals surface area contributed by atoms with Crippen molar-refractivity contribution in [3.05, 3.63) is 28.2 Å². The van der Waals surface area contributed by atoms with Gasteiger partial charge in [0.1, 0.15) is 6.61 Å². The van der Waals surface area contributed by atoms with Crippen LogP contribution in [-0.4, -0.2) is 20.8 Å². The predicted molar refractivity (Wildman–Crippen MR) is 59.9 cm³/mol. The van der Waals surface area contributed by atoms with E-state index in [4.69, 9.17) is 33.1 Å². The van der Waals surface area contributed by atoms with E-state index >= 15 is 0 Å². The Morgan fingerprint density at radius 3 is 2.27 bits per heavy atom. The van der Waals surface area contributed by atoms with Crippen molar-refractivity contribution in [3.8, 4) is 5.75 Å². The molecule has 1 aromatic rings. The van der Waals surface area contributed by atoms with Gasteiger partial charge in [0, 0.05) is 0 Å². The zero-order valence-corrected chi connectivity index (χ0v) is 9.94. The minimum absolute atomic E-state index is 0.0811. The Balaban J connectivity index is 2.66. The Morgan fingerprint density at radius 1 is 1.27 bits per heavy atom. The lowest BCUT2D eigenvalue weighted by atomic mass is 10.3. The molecule has 0 unspecified atom stereocenters. The maximum atomic E-state index is 10.6. The van der Waals surface area contributed by atoms with Crippen LogP contribution in [-0.2, 0) is 10.0 Å². The molecular formula is C8H9Cl2NO3S. The minimum atomic E-state index is -3.53. The highest BCUT2D eigenvalue weighted by Crippen LogP contribution is 2.32. The number of primary sulfonamides is 1. The number of para-hydroxylation sites is 1. The normalized spacial score (nSPS) is 11.4. The topological polar surface area (TPSA) is 69.4 Å². The van der Waals surface area contributed by atoms with Gasteiger partial charge in [-0.3, -0.25) is 0 Å². The third-order valence-corrected chi connectivity index (χ3v) is 2.86. The second-order valence-corrected chi connectivity index (χ2v) is 5.31. The molecule has 15 heavy (non-hydrogen) atoms. The van der Waals surface area contributed by atoms with E-state index < -0.39 is 10.0 Å². The quantitative estimate of drug-likeness (QED) is 0.904. The molecule has 1 aromatic carbocycles. The summed E-state index contributed by atoms with van der Waals surface area (Å²) in [6.45, 7) is -0.0811. The van der Waals surface area contributed by atoms with Crippen molar-refractivity contribution >= 4 is 33.2 Å². The first-order valence-electron chi connectivity index (χ1n) is 3.97. The van der Waals surface area contributed by atoms with Crippen LogP contribution < -0.4 is 9.88 Å². The van der Waals surface area contributed by atoms with Crippen LogP contribution in [0, 0.1) is 0 Å². The van der Waals surface area contributed by atoms with Gasteiger partial charge in [0.2, 0.25) is 10.0 Å². The van der Waals surface area contributed by atoms with E-state index in [1.54, 1.807) is 18.2 Å². The van der Waals surface area contributed by atoms with Gasteiger partial charge in [0.15, 0.2) is 5.75 Å². The van der Waals surface area contributed by atoms with E-state index in [-0.39, 0.29) is 18.1 Å². The van der Waals surface area contributed by atoms with Gasteiger partial charge in [0.05, 0.1) is 15.8 Å². The summed E-state index contributed by atoms with van der Waals surface area (Å²) in [7, 11) is -3.53. The fourth-order valence-corrected chi connectivity index (χ4v) is 1.70. The number of ether oxygens (including phenoxy) is 1. The van der Waals surface area contributed by atoms with Gasteiger partial charge in [-0.05, 0) is 12.1 Å². The van der Waals surface area contributed by atoms with Crippen molar-refractivity contribution in [1.82, 2.24) is 0 Å². The smallest absolute Gasteiger partial charge is 0.212 e. The van der Waals surface area contributed by atoms with Gasteiger partial charge < -0.3 is 4.74 Å². The second-order valence-electron chi connectivity index (χ2n) is 2.77. The predicted octanol–water partition coefficient (Wildman–Crippen LogP) is 1.66. The number of hydrogen-bond donors (Lipinski definition) is 1. The fourth-order valence-electron chi connectivity index (χ4n) is 0.880. The summed E-state index contributed by atoms with van der Waals surface area (Å²) < 4.78 is 26.4. The van der Waals surface area contributed by atoms with Crippen LogP contribution in [0.1, 0.15) is 0 Å². The van der Waals surface area contributed by atoms with Crippen LogP contribution in [0.15, 0.2) is 18.2 Å². The Morgan fingerprint density at radius 2 is 1.80 bits per heavy atom. The molecule has 0 aliphatic heterocycles. The average Bonchev–Trinajstić information content (AvgIpc) is 2.08. The van der Waals surface area contributed by atoms with E-state index in [9.17, 15) is 8.42 Å². The second kappa shape index (κ2) is 5.03. The molecule has 0 saturated heterocycles. The van der Waals surface area contributed by atoms with Gasteiger partial charge in [-0.2, -0.15) is 0 Å². The molecule has 0 atom stereocenters. The summed E-state index contributed by atoms with van der Waals surface area (Å²) in [6.07, 6.45) is 0. The first-order valence-corrected chi connectivity index (χ1v) is 6.44. The monoisotopic (exact) mass is 269 g/mol. The lowest BCUT2D eigenvalue weighted by Crippen LogP contribution is -2.21. The summed E-state index contributed by atoms with van der Waals surface area (Å²) in [6, 6.07) is 4.86. The van der Waals surface area contributed by atoms with Crippen molar-refractivity contribution in [2.45, 2.75) is 0 Å². The number of sulfonamides is 1. The molecule has 0 spiro atoms. The van der Waals surface area contributed by atoms with Gasteiger partial charge in [-0.25, -0.2) is 13.6 Å². The Labute approximate surface area is 98.0 Å². The molecular weight excluding hydrogens is 261 g/mol. The molecule has 0 aliphatic rings. The summed E-state index contributed by atoms with van der Waals surface area (Å²) >= 11 is 11.6. The highest BCUT2D eigenvalue weighted by atomic mass is 35.5. The van der Waals surface area contributed by atoms with Crippen LogP contribution >= 0.6 is 23.2 Å². The first kappa shape index (κ1) is 12.6. The van der Waals surface area contributed by atoms with Gasteiger partial charge in [0.25, 0.3) is 0 Å². The number of halogens is 2. The van der Waals surface area contributed by atoms with Crippen LogP contribution in [0.4, 0.5) is 0 Å². The summed E-state index contributed by atoms with van der Waals surface area (Å²) in [5.74, 6) is -0.0151. The lowest BCUT2D eigenvalue weighted by molar-refractivity contribution is 0.341. The standard InChI is InChI=1S/C8H9Cl2NO3S/c9-6-2-1-3-7(10)8(6)14-4-5-15(11,12)13/h1-3H,4-5H2,(H2,11,12,13). The molecule has 0 fully saturated rings. The van der Waals surface area contributed by atoms with Crippen LogP contribution in [0.3, 0.4) is 0 Å². The summed E-state index contributed by atoms with van der Waals surface area (Å²) in [5.41, 5.74) is 0. The van der Waals surface area contributed by atoms with E-state index in [1.807, 2.05) is 0 Å². The highest BCUT2D eigenvalue weighted by Gasteiger charge is 2.08. The molecule has 7 heteroatoms. The number of hydrogen-bond acceptors (Lipinski definition) is 3. The molecule has 0 saturated carbocycles. The maximum Gasteiger partial charge on any atom is 0.212 e. The van der Waals surface area contributed by atoms with E-state index in [0.29, 0.717) is 10.0 Å². The molecule has 1 rings (SSSR count). The van der Waals surface area contributed by atoms with Gasteiger partial charge in [-0.15, -0.1) is 0 Å². The molecule has 0 amide bonds. The molecule has 4 nitrogen and oxygen atoms in total. The lowest BCUT2D eigenvalue weighted by Gasteiger charge is -2.08. The van der Waals surface area contributed by atoms with Gasteiger partial charge >= 0.3 is 0 Å². The Bertz CT molecular complexity index is 427. The maximum absolute atomic E-state index is 10.6. The highest BCUT2D eigenvalue weighted by molar-refractivity contribution is 7.89. The molecule has 2 N–H and O–H groups in total. The molecule has 0 heterocycles. The van der Waals surface area contributed by atoms with Gasteiger partial charge in [-0.1, -0.05) is 29.3 Å². The fraction of sp³-hybridized carbons (Fsp3) is 0.250. The summed E-state index contributed by atoms with van der Waals surface area (Å²) in [4.78, 5) is 0. The number of benzene rings is 1. The average molecular weight is 270 g/mol. The summed E-state index contributed by atoms with van der Waals surface area (Å²) in [5, 5.41) is 5.46. The molecule has 0 aromatic heterocycles. The molecule has 0 radical (unpaired) electrons. The van der Waals surface area contributed by atoms with Crippen molar-refractivity contribution in [1.29, 1.82) is 0 Å². The van der Waals surface area contributed by atoms with E-state index in [1.165, 1.54) is 0 Å². The van der Waals surface area contributed by atoms with Crippen LogP contribution in [0.2, 0.25) is 10.0 Å². The number of rotatable bonds is 4. The van der Waals surface area contributed by atoms with Crippen molar-refractivity contribution in [3.63, 3.8) is 0 Å². The van der Waals surface area contributed by atoms with Crippen molar-refractivity contribution < 1.29 is 13.2 Å². The van der Waals surface area contributed by atoms with E-state index in [0.717, 1.165) is 0 Å². The Hall–Kier alpha value is -0.490. The minimum Gasteiger partial charge on any atom is -0.489 e. The SMILES string of the molecule is NS(=O)(=O)CCOc1c(Cl)cccc1Cl. The first-order chi connectivity index (χ1) is 6.90. The Kier molecular flexibility index (Phi) is 4.21. The molecule has 84 valence electrons. The zero-order chi connectivity index (χ0) is 11.5. The third-order valence-electron chi connectivity index (χ3n) is 1.53. The zero-order valence-electron chi connectivity index (χ0n) is 7.61. The molecule has 0 aliphatic carbocycles. The largest absolute Gasteiger partial charge is 0.489 e. The van der Waals surface area contributed by atoms with Crippen molar-refractivity contribution in [2.24, 2.45) is 5.14 Å². The van der Waals surface area contributed by atoms with Crippen LogP contribution in [0.5, 0.6) is 5.75 Å². The molecule has 0 bridgehead atoms. The van der Waals surface area contributed by atoms with Crippen molar-refractivity contribution in [2.75, 3.05) is 12.4 Å². The third kappa shape index (κ3) is 4.25. The van der Waals surface area contributed by atoms with E-state index in [2.05, 4.69) is 0 Å².